The highest BCUT2D eigenvalue weighted by Gasteiger charge is 2.12. The van der Waals surface area contributed by atoms with Gasteiger partial charge in [0.15, 0.2) is 15.8 Å². The van der Waals surface area contributed by atoms with Crippen molar-refractivity contribution in [3.63, 3.8) is 0 Å². The molecule has 0 radical (unpaired) electrons. The number of guanidine groups is 1. The number of hydrogen-bond donors (Lipinski definition) is 2. The molecule has 0 aliphatic carbocycles. The van der Waals surface area contributed by atoms with Crippen LogP contribution in [0, 0.1) is 0 Å². The zero-order valence-corrected chi connectivity index (χ0v) is 22.0. The van der Waals surface area contributed by atoms with Crippen LogP contribution in [0.15, 0.2) is 64.5 Å². The van der Waals surface area contributed by atoms with E-state index in [1.54, 1.807) is 12.1 Å². The SMILES string of the molecule is CCNC(=NCC(Cc1ccccc1)N(C)C)NCCc1ccc(S(C)(=O)=O)cc1.I. The molecule has 0 amide bonds. The average molecular weight is 559 g/mol. The van der Waals surface area contributed by atoms with Crippen molar-refractivity contribution in [2.75, 3.05) is 40.0 Å². The lowest BCUT2D eigenvalue weighted by molar-refractivity contribution is 0.298. The lowest BCUT2D eigenvalue weighted by Gasteiger charge is -2.23. The summed E-state index contributed by atoms with van der Waals surface area (Å²) in [7, 11) is 1.02. The highest BCUT2D eigenvalue weighted by Crippen LogP contribution is 2.10. The van der Waals surface area contributed by atoms with Gasteiger partial charge in [-0.2, -0.15) is 0 Å². The minimum atomic E-state index is -3.15. The van der Waals surface area contributed by atoms with E-state index in [1.165, 1.54) is 11.8 Å². The number of aliphatic imine (C=N–C) groups is 1. The van der Waals surface area contributed by atoms with E-state index in [1.807, 2.05) is 18.2 Å². The summed E-state index contributed by atoms with van der Waals surface area (Å²) in [5.41, 5.74) is 2.39. The first-order valence-corrected chi connectivity index (χ1v) is 12.2. The van der Waals surface area contributed by atoms with E-state index >= 15 is 0 Å². The van der Waals surface area contributed by atoms with E-state index in [9.17, 15) is 8.42 Å². The Morgan fingerprint density at radius 1 is 1.00 bits per heavy atom. The number of halogens is 1. The van der Waals surface area contributed by atoms with Gasteiger partial charge >= 0.3 is 0 Å². The lowest BCUT2D eigenvalue weighted by Crippen LogP contribution is -2.40. The largest absolute Gasteiger partial charge is 0.357 e. The maximum Gasteiger partial charge on any atom is 0.191 e. The fourth-order valence-corrected chi connectivity index (χ4v) is 3.69. The summed E-state index contributed by atoms with van der Waals surface area (Å²) in [5.74, 6) is 0.796. The molecule has 8 heteroatoms. The maximum absolute atomic E-state index is 11.6. The van der Waals surface area contributed by atoms with Gasteiger partial charge in [0.2, 0.25) is 0 Å². The number of hydrogen-bond acceptors (Lipinski definition) is 4. The summed E-state index contributed by atoms with van der Waals surface area (Å²) in [6.07, 6.45) is 2.96. The summed E-state index contributed by atoms with van der Waals surface area (Å²) in [6.45, 7) is 4.25. The zero-order valence-electron chi connectivity index (χ0n) is 18.8. The first-order chi connectivity index (χ1) is 14.3. The molecule has 2 aromatic rings. The Kier molecular flexibility index (Phi) is 12.1. The fourth-order valence-electron chi connectivity index (χ4n) is 3.06. The molecule has 2 aromatic carbocycles. The van der Waals surface area contributed by atoms with E-state index in [-0.39, 0.29) is 24.0 Å². The van der Waals surface area contributed by atoms with Gasteiger partial charge in [-0.05, 0) is 57.1 Å². The summed E-state index contributed by atoms with van der Waals surface area (Å²) >= 11 is 0. The van der Waals surface area contributed by atoms with Crippen LogP contribution in [-0.2, 0) is 22.7 Å². The van der Waals surface area contributed by atoms with E-state index < -0.39 is 9.84 Å². The second-order valence-corrected chi connectivity index (χ2v) is 9.64. The van der Waals surface area contributed by atoms with Gasteiger partial charge in [0.05, 0.1) is 11.4 Å². The monoisotopic (exact) mass is 558 g/mol. The van der Waals surface area contributed by atoms with Crippen LogP contribution < -0.4 is 10.6 Å². The molecule has 172 valence electrons. The van der Waals surface area contributed by atoms with Crippen molar-refractivity contribution in [2.24, 2.45) is 4.99 Å². The standard InChI is InChI=1S/C23H34N4O2S.HI/c1-5-24-23(25-16-15-19-11-13-22(14-12-19)30(4,28)29)26-18-21(27(2)3)17-20-9-7-6-8-10-20;/h6-14,21H,5,15-18H2,1-4H3,(H2,24,25,26);1H. The van der Waals surface area contributed by atoms with Crippen LogP contribution in [0.2, 0.25) is 0 Å². The molecule has 2 N–H and O–H groups in total. The third-order valence-corrected chi connectivity index (χ3v) is 6.03. The second-order valence-electron chi connectivity index (χ2n) is 7.62. The second kappa shape index (κ2) is 13.7. The normalized spacial score (nSPS) is 12.9. The van der Waals surface area contributed by atoms with Gasteiger partial charge in [0.25, 0.3) is 0 Å². The van der Waals surface area contributed by atoms with Gasteiger partial charge < -0.3 is 15.5 Å². The van der Waals surface area contributed by atoms with Crippen LogP contribution >= 0.6 is 24.0 Å². The molecule has 0 fully saturated rings. The van der Waals surface area contributed by atoms with Crippen molar-refractivity contribution in [1.29, 1.82) is 0 Å². The molecule has 31 heavy (non-hydrogen) atoms. The topological polar surface area (TPSA) is 73.8 Å². The third-order valence-electron chi connectivity index (χ3n) is 4.91. The minimum absolute atomic E-state index is 0. The first-order valence-electron chi connectivity index (χ1n) is 10.3. The molecule has 1 atom stereocenters. The molecule has 0 saturated carbocycles. The maximum atomic E-state index is 11.6. The molecule has 0 saturated heterocycles. The molecule has 2 rings (SSSR count). The van der Waals surface area contributed by atoms with Crippen molar-refractivity contribution < 1.29 is 8.42 Å². The summed E-state index contributed by atoms with van der Waals surface area (Å²) in [6, 6.07) is 17.8. The van der Waals surface area contributed by atoms with Crippen molar-refractivity contribution >= 4 is 39.8 Å². The number of rotatable bonds is 10. The van der Waals surface area contributed by atoms with Gasteiger partial charge in [-0.25, -0.2) is 8.42 Å². The van der Waals surface area contributed by atoms with Crippen molar-refractivity contribution in [2.45, 2.75) is 30.7 Å². The van der Waals surface area contributed by atoms with Gasteiger partial charge in [0.1, 0.15) is 0 Å². The van der Waals surface area contributed by atoms with Crippen LogP contribution in [0.5, 0.6) is 0 Å². The molecule has 0 heterocycles. The number of nitrogens with zero attached hydrogens (tertiary/aromatic N) is 2. The first kappa shape index (κ1) is 27.4. The van der Waals surface area contributed by atoms with E-state index in [2.05, 4.69) is 60.8 Å². The molecule has 6 nitrogen and oxygen atoms in total. The number of likely N-dealkylation sites (N-methyl/N-ethyl adjacent to an activating group) is 1. The highest BCUT2D eigenvalue weighted by molar-refractivity contribution is 14.0. The number of benzene rings is 2. The molecule has 0 bridgehead atoms. The van der Waals surface area contributed by atoms with Gasteiger partial charge in [0, 0.05) is 25.4 Å². The predicted octanol–water partition coefficient (Wildman–Crippen LogP) is 2.98. The molecule has 0 aliphatic rings. The molecule has 0 aliphatic heterocycles. The Balaban J connectivity index is 0.00000480. The minimum Gasteiger partial charge on any atom is -0.357 e. The Morgan fingerprint density at radius 2 is 1.65 bits per heavy atom. The van der Waals surface area contributed by atoms with E-state index in [0.717, 1.165) is 37.5 Å². The molecular formula is C23H35IN4O2S. The highest BCUT2D eigenvalue weighted by atomic mass is 127. The van der Waals surface area contributed by atoms with Crippen LogP contribution in [0.1, 0.15) is 18.1 Å². The van der Waals surface area contributed by atoms with Gasteiger partial charge in [-0.1, -0.05) is 42.5 Å². The van der Waals surface area contributed by atoms with Crippen LogP contribution in [-0.4, -0.2) is 65.3 Å². The molecule has 0 spiro atoms. The van der Waals surface area contributed by atoms with Gasteiger partial charge in [-0.3, -0.25) is 4.99 Å². The van der Waals surface area contributed by atoms with Crippen LogP contribution in [0.25, 0.3) is 0 Å². The summed E-state index contributed by atoms with van der Waals surface area (Å²) in [4.78, 5) is 7.34. The van der Waals surface area contributed by atoms with E-state index in [0.29, 0.717) is 17.5 Å². The van der Waals surface area contributed by atoms with E-state index in [4.69, 9.17) is 4.99 Å². The lowest BCUT2D eigenvalue weighted by atomic mass is 10.1. The Bertz CT molecular complexity index is 901. The molecule has 1 unspecified atom stereocenters. The molecular weight excluding hydrogens is 523 g/mol. The Morgan fingerprint density at radius 3 is 2.19 bits per heavy atom. The van der Waals surface area contributed by atoms with Crippen LogP contribution in [0.3, 0.4) is 0 Å². The van der Waals surface area contributed by atoms with Crippen molar-refractivity contribution in [1.82, 2.24) is 15.5 Å². The smallest absolute Gasteiger partial charge is 0.191 e. The van der Waals surface area contributed by atoms with Crippen molar-refractivity contribution in [3.8, 4) is 0 Å². The third kappa shape index (κ3) is 10.0. The number of nitrogens with one attached hydrogen (secondary N) is 2. The van der Waals surface area contributed by atoms with Gasteiger partial charge in [-0.15, -0.1) is 24.0 Å². The quantitative estimate of drug-likeness (QED) is 0.267. The number of sulfone groups is 1. The fraction of sp³-hybridized carbons (Fsp3) is 0.435. The summed E-state index contributed by atoms with van der Waals surface area (Å²) in [5, 5.41) is 6.67. The predicted molar refractivity (Wildman–Crippen MR) is 140 cm³/mol. The Hall–Kier alpha value is -1.65. The average Bonchev–Trinajstić information content (AvgIpc) is 2.71. The van der Waals surface area contributed by atoms with Crippen LogP contribution in [0.4, 0.5) is 0 Å². The Labute approximate surface area is 204 Å². The summed E-state index contributed by atoms with van der Waals surface area (Å²) < 4.78 is 23.1. The zero-order chi connectivity index (χ0) is 22.0. The van der Waals surface area contributed by atoms with Crippen molar-refractivity contribution in [3.05, 3.63) is 65.7 Å². The molecule has 0 aromatic heterocycles.